The van der Waals surface area contributed by atoms with Gasteiger partial charge < -0.3 is 20.3 Å². The Kier molecular flexibility index (Phi) is 4.94. The van der Waals surface area contributed by atoms with Gasteiger partial charge >= 0.3 is 0 Å². The molecule has 0 bridgehead atoms. The number of thiocarbonyl (C=S) groups is 1. The van der Waals surface area contributed by atoms with Gasteiger partial charge in [-0.05, 0) is 12.2 Å². The maximum atomic E-state index is 11.5. The van der Waals surface area contributed by atoms with E-state index in [-0.39, 0.29) is 5.11 Å². The molecule has 0 aliphatic carbocycles. The number of hydrogen-bond acceptors (Lipinski definition) is 5. The molecule has 2 saturated heterocycles. The largest absolute Gasteiger partial charge is 0.370 e. The Morgan fingerprint density at radius 2 is 1.95 bits per heavy atom. The van der Waals surface area contributed by atoms with E-state index < -0.39 is 17.7 Å². The van der Waals surface area contributed by atoms with Gasteiger partial charge in [0, 0.05) is 6.21 Å². The summed E-state index contributed by atoms with van der Waals surface area (Å²) < 4.78 is 5.26. The molecule has 0 radical (unpaired) electrons. The molecular formula is C11H17N4O3S+. The molecule has 2 heterocycles. The van der Waals surface area contributed by atoms with Gasteiger partial charge in [-0.2, -0.15) is 0 Å². The first kappa shape index (κ1) is 14.0. The summed E-state index contributed by atoms with van der Waals surface area (Å²) >= 11 is 4.71. The molecule has 3 N–H and O–H groups in total. The van der Waals surface area contributed by atoms with Gasteiger partial charge in [-0.1, -0.05) is 0 Å². The van der Waals surface area contributed by atoms with E-state index in [1.807, 2.05) is 0 Å². The number of carbonyl (C=O) groups excluding carboxylic acids is 2. The van der Waals surface area contributed by atoms with Crippen molar-refractivity contribution >= 4 is 35.4 Å². The zero-order chi connectivity index (χ0) is 13.7. The third kappa shape index (κ3) is 4.05. The lowest BCUT2D eigenvalue weighted by atomic mass is 10.1. The standard InChI is InChI=1S/C11H16N4O3S/c16-9-8(10(17)14-11(19)13-9)7-12-1-2-15-3-5-18-6-4-15/h7-8H,1-6H2,(H2,13,14,16,17,19)/p+1. The SMILES string of the molecule is O=C1NC(=S)NC(=O)C1C=NCC[NH+]1CCOCC1. The van der Waals surface area contributed by atoms with E-state index >= 15 is 0 Å². The van der Waals surface area contributed by atoms with Crippen molar-refractivity contribution < 1.29 is 19.2 Å². The van der Waals surface area contributed by atoms with Crippen molar-refractivity contribution in [2.75, 3.05) is 39.4 Å². The van der Waals surface area contributed by atoms with Gasteiger partial charge in [0.25, 0.3) is 0 Å². The summed E-state index contributed by atoms with van der Waals surface area (Å²) in [5, 5.41) is 4.85. The molecule has 0 aromatic heterocycles. The average molecular weight is 285 g/mol. The molecular weight excluding hydrogens is 268 g/mol. The third-order valence-electron chi connectivity index (χ3n) is 3.09. The Bertz CT molecular complexity index is 387. The Hall–Kier alpha value is -1.38. The molecule has 7 nitrogen and oxygen atoms in total. The van der Waals surface area contributed by atoms with Crippen molar-refractivity contribution in [3.05, 3.63) is 0 Å². The first-order valence-corrected chi connectivity index (χ1v) is 6.64. The monoisotopic (exact) mass is 285 g/mol. The zero-order valence-electron chi connectivity index (χ0n) is 10.5. The number of morpholine rings is 1. The number of quaternary nitrogens is 1. The van der Waals surface area contributed by atoms with E-state index in [9.17, 15) is 9.59 Å². The fraction of sp³-hybridized carbons (Fsp3) is 0.636. The Morgan fingerprint density at radius 1 is 1.32 bits per heavy atom. The highest BCUT2D eigenvalue weighted by atomic mass is 32.1. The van der Waals surface area contributed by atoms with Crippen LogP contribution >= 0.6 is 12.2 Å². The number of nitrogens with zero attached hydrogens (tertiary/aromatic N) is 1. The fourth-order valence-corrected chi connectivity index (χ4v) is 2.18. The smallest absolute Gasteiger partial charge is 0.244 e. The van der Waals surface area contributed by atoms with Gasteiger partial charge in [-0.25, -0.2) is 0 Å². The van der Waals surface area contributed by atoms with Crippen molar-refractivity contribution in [2.45, 2.75) is 0 Å². The number of rotatable bonds is 4. The van der Waals surface area contributed by atoms with Gasteiger partial charge in [-0.3, -0.25) is 14.6 Å². The predicted octanol–water partition coefficient (Wildman–Crippen LogP) is -2.88. The van der Waals surface area contributed by atoms with Crippen molar-refractivity contribution in [1.29, 1.82) is 0 Å². The van der Waals surface area contributed by atoms with Crippen LogP contribution in [0.4, 0.5) is 0 Å². The topological polar surface area (TPSA) is 84.2 Å². The quantitative estimate of drug-likeness (QED) is 0.294. The molecule has 2 aliphatic heterocycles. The van der Waals surface area contributed by atoms with Gasteiger partial charge in [-0.15, -0.1) is 0 Å². The molecule has 8 heteroatoms. The van der Waals surface area contributed by atoms with Crippen LogP contribution in [0, 0.1) is 5.92 Å². The summed E-state index contributed by atoms with van der Waals surface area (Å²) in [6, 6.07) is 0. The number of ether oxygens (including phenoxy) is 1. The molecule has 0 spiro atoms. The number of hydrogen-bond donors (Lipinski definition) is 3. The van der Waals surface area contributed by atoms with Crippen LogP contribution in [0.15, 0.2) is 4.99 Å². The molecule has 2 fully saturated rings. The van der Waals surface area contributed by atoms with Gasteiger partial charge in [0.15, 0.2) is 11.0 Å². The van der Waals surface area contributed by atoms with Crippen LogP contribution in [-0.4, -0.2) is 62.5 Å². The molecule has 2 aliphatic rings. The Morgan fingerprint density at radius 3 is 2.58 bits per heavy atom. The van der Waals surface area contributed by atoms with Gasteiger partial charge in [0.05, 0.1) is 26.3 Å². The van der Waals surface area contributed by atoms with Crippen LogP contribution in [0.1, 0.15) is 0 Å². The van der Waals surface area contributed by atoms with E-state index in [0.29, 0.717) is 6.54 Å². The summed E-state index contributed by atoms with van der Waals surface area (Å²) in [5.41, 5.74) is 0. The van der Waals surface area contributed by atoms with E-state index in [1.165, 1.54) is 11.1 Å². The summed E-state index contributed by atoms with van der Waals surface area (Å²) in [4.78, 5) is 28.7. The summed E-state index contributed by atoms with van der Waals surface area (Å²) in [6.45, 7) is 5.00. The minimum absolute atomic E-state index is 0.0532. The summed E-state index contributed by atoms with van der Waals surface area (Å²) in [6.07, 6.45) is 1.40. The lowest BCUT2D eigenvalue weighted by Gasteiger charge is -2.23. The first-order chi connectivity index (χ1) is 9.16. The van der Waals surface area contributed by atoms with Crippen molar-refractivity contribution in [3.63, 3.8) is 0 Å². The third-order valence-corrected chi connectivity index (χ3v) is 3.29. The fourth-order valence-electron chi connectivity index (χ4n) is 1.98. The summed E-state index contributed by atoms with van der Waals surface area (Å²) in [7, 11) is 0. The minimum atomic E-state index is -0.883. The lowest BCUT2D eigenvalue weighted by molar-refractivity contribution is -0.906. The number of aliphatic imine (C=N–C) groups is 1. The molecule has 0 aromatic carbocycles. The van der Waals surface area contributed by atoms with Crippen LogP contribution in [0.3, 0.4) is 0 Å². The normalized spacial score (nSPS) is 22.6. The molecule has 0 unspecified atom stereocenters. The van der Waals surface area contributed by atoms with Crippen LogP contribution in [0.25, 0.3) is 0 Å². The second kappa shape index (κ2) is 6.69. The Balaban J connectivity index is 1.76. The van der Waals surface area contributed by atoms with Crippen LogP contribution in [0.2, 0.25) is 0 Å². The average Bonchev–Trinajstić information content (AvgIpc) is 2.38. The number of nitrogens with one attached hydrogen (secondary N) is 3. The highest BCUT2D eigenvalue weighted by Gasteiger charge is 2.30. The highest BCUT2D eigenvalue weighted by Crippen LogP contribution is 1.98. The first-order valence-electron chi connectivity index (χ1n) is 6.24. The number of carbonyl (C=O) groups is 2. The molecule has 0 saturated carbocycles. The van der Waals surface area contributed by atoms with Gasteiger partial charge in [0.1, 0.15) is 13.1 Å². The van der Waals surface area contributed by atoms with Crippen molar-refractivity contribution in [3.8, 4) is 0 Å². The predicted molar refractivity (Wildman–Crippen MR) is 72.1 cm³/mol. The summed E-state index contributed by atoms with van der Waals surface area (Å²) in [5.74, 6) is -1.72. The molecule has 19 heavy (non-hydrogen) atoms. The van der Waals surface area contributed by atoms with E-state index in [4.69, 9.17) is 17.0 Å². The van der Waals surface area contributed by atoms with E-state index in [1.54, 1.807) is 0 Å². The maximum Gasteiger partial charge on any atom is 0.244 e. The molecule has 2 amide bonds. The zero-order valence-corrected chi connectivity index (χ0v) is 11.3. The highest BCUT2D eigenvalue weighted by molar-refractivity contribution is 7.80. The molecule has 104 valence electrons. The van der Waals surface area contributed by atoms with Crippen molar-refractivity contribution in [1.82, 2.24) is 10.6 Å². The molecule has 2 rings (SSSR count). The molecule has 0 atom stereocenters. The molecule has 0 aromatic rings. The second-order valence-corrected chi connectivity index (χ2v) is 4.86. The Labute approximate surface area is 116 Å². The van der Waals surface area contributed by atoms with Crippen LogP contribution in [0.5, 0.6) is 0 Å². The minimum Gasteiger partial charge on any atom is -0.370 e. The van der Waals surface area contributed by atoms with Crippen LogP contribution < -0.4 is 15.5 Å². The van der Waals surface area contributed by atoms with Gasteiger partial charge in [0.2, 0.25) is 11.8 Å². The second-order valence-electron chi connectivity index (χ2n) is 4.45. The van der Waals surface area contributed by atoms with Crippen molar-refractivity contribution in [2.24, 2.45) is 10.9 Å². The maximum absolute atomic E-state index is 11.5. The van der Waals surface area contributed by atoms with E-state index in [2.05, 4.69) is 15.6 Å². The lowest BCUT2D eigenvalue weighted by Crippen LogP contribution is -3.14. The number of amides is 2. The van der Waals surface area contributed by atoms with E-state index in [0.717, 1.165) is 32.8 Å². The van der Waals surface area contributed by atoms with Crippen LogP contribution in [-0.2, 0) is 14.3 Å².